The van der Waals surface area contributed by atoms with E-state index in [0.717, 1.165) is 0 Å². The van der Waals surface area contributed by atoms with Crippen molar-refractivity contribution >= 4 is 11.6 Å². The molecule has 2 aromatic rings. The summed E-state index contributed by atoms with van der Waals surface area (Å²) in [6, 6.07) is 0. The van der Waals surface area contributed by atoms with Gasteiger partial charge in [-0.1, -0.05) is 12.1 Å². The molecule has 0 aliphatic rings. The first kappa shape index (κ1) is 13.1. The van der Waals surface area contributed by atoms with Gasteiger partial charge in [0.05, 0.1) is 17.9 Å². The van der Waals surface area contributed by atoms with Crippen LogP contribution in [0, 0.1) is 6.92 Å². The van der Waals surface area contributed by atoms with Crippen LogP contribution in [0.5, 0.6) is 0 Å². The molecule has 3 N–H and O–H groups in total. The largest absolute Gasteiger partial charge is 0.395 e. The minimum Gasteiger partial charge on any atom is -0.395 e. The van der Waals surface area contributed by atoms with E-state index in [0.29, 0.717) is 35.2 Å². The summed E-state index contributed by atoms with van der Waals surface area (Å²) < 4.78 is 6.38. The first-order valence-electron chi connectivity index (χ1n) is 5.91. The smallest absolute Gasteiger partial charge is 0.272 e. The lowest BCUT2D eigenvalue weighted by atomic mass is 10.2. The van der Waals surface area contributed by atoms with Gasteiger partial charge in [0.1, 0.15) is 5.69 Å². The van der Waals surface area contributed by atoms with Crippen molar-refractivity contribution in [1.82, 2.24) is 25.2 Å². The average molecular weight is 264 g/mol. The molecular weight excluding hydrogens is 248 g/mol. The van der Waals surface area contributed by atoms with Crippen molar-refractivity contribution in [3.8, 4) is 0 Å². The number of carbonyl (C=O) groups excluding carboxylic acids is 1. The third-order valence-electron chi connectivity index (χ3n) is 2.68. The van der Waals surface area contributed by atoms with Gasteiger partial charge in [0.2, 0.25) is 5.89 Å². The van der Waals surface area contributed by atoms with Crippen LogP contribution in [-0.4, -0.2) is 25.8 Å². The van der Waals surface area contributed by atoms with Crippen molar-refractivity contribution in [2.45, 2.75) is 26.8 Å². The van der Waals surface area contributed by atoms with Gasteiger partial charge >= 0.3 is 0 Å². The molecule has 0 aromatic carbocycles. The monoisotopic (exact) mass is 264 g/mol. The second-order valence-electron chi connectivity index (χ2n) is 4.10. The molecule has 8 nitrogen and oxygen atoms in total. The van der Waals surface area contributed by atoms with Gasteiger partial charge in [0, 0.05) is 7.05 Å². The first-order chi connectivity index (χ1) is 9.02. The Kier molecular flexibility index (Phi) is 3.50. The highest BCUT2D eigenvalue weighted by molar-refractivity contribution is 5.97. The number of aromatic nitrogens is 4. The number of nitrogen functional groups attached to an aromatic ring is 1. The molecule has 0 atom stereocenters. The molecule has 0 radical (unpaired) electrons. The highest BCUT2D eigenvalue weighted by Crippen LogP contribution is 2.16. The van der Waals surface area contributed by atoms with Gasteiger partial charge < -0.3 is 15.6 Å². The summed E-state index contributed by atoms with van der Waals surface area (Å²) in [5, 5.41) is 10.5. The Balaban J connectivity index is 2.10. The number of carbonyl (C=O) groups is 1. The molecule has 0 aliphatic heterocycles. The molecule has 0 fully saturated rings. The maximum atomic E-state index is 12.1. The van der Waals surface area contributed by atoms with E-state index in [-0.39, 0.29) is 12.5 Å². The molecule has 2 rings (SSSR count). The van der Waals surface area contributed by atoms with Crippen molar-refractivity contribution in [3.05, 3.63) is 23.1 Å². The molecule has 8 heteroatoms. The van der Waals surface area contributed by atoms with Gasteiger partial charge in [-0.25, -0.2) is 0 Å². The Morgan fingerprint density at radius 1 is 1.53 bits per heavy atom. The zero-order valence-corrected chi connectivity index (χ0v) is 11.1. The Morgan fingerprint density at radius 3 is 2.79 bits per heavy atom. The molecule has 2 aromatic heterocycles. The summed E-state index contributed by atoms with van der Waals surface area (Å²) >= 11 is 0. The lowest BCUT2D eigenvalue weighted by Crippen LogP contribution is -2.26. The molecule has 1 amide bonds. The fraction of sp³-hybridized carbons (Fsp3) is 0.455. The molecule has 0 saturated carbocycles. The summed E-state index contributed by atoms with van der Waals surface area (Å²) in [7, 11) is 1.68. The van der Waals surface area contributed by atoms with Crippen LogP contribution >= 0.6 is 0 Å². The minimum atomic E-state index is -0.317. The molecular formula is C11H16N6O2. The van der Waals surface area contributed by atoms with Crippen molar-refractivity contribution in [1.29, 1.82) is 0 Å². The summed E-state index contributed by atoms with van der Waals surface area (Å²) in [6.45, 7) is 3.80. The van der Waals surface area contributed by atoms with E-state index in [2.05, 4.69) is 20.6 Å². The van der Waals surface area contributed by atoms with Crippen LogP contribution in [0.3, 0.4) is 0 Å². The van der Waals surface area contributed by atoms with Crippen LogP contribution in [0.2, 0.25) is 0 Å². The SMILES string of the molecule is CCc1nn(C)c(C(=O)NCc2nc(C)no2)c1N. The van der Waals surface area contributed by atoms with E-state index in [9.17, 15) is 4.79 Å². The van der Waals surface area contributed by atoms with Crippen molar-refractivity contribution in [2.24, 2.45) is 7.05 Å². The number of amides is 1. The highest BCUT2D eigenvalue weighted by Gasteiger charge is 2.19. The van der Waals surface area contributed by atoms with Gasteiger partial charge in [-0.15, -0.1) is 0 Å². The Morgan fingerprint density at radius 2 is 2.26 bits per heavy atom. The predicted octanol–water partition coefficient (Wildman–Crippen LogP) is 0.186. The molecule has 0 saturated heterocycles. The number of hydrogen-bond acceptors (Lipinski definition) is 6. The standard InChI is InChI=1S/C11H16N6O2/c1-4-7-9(12)10(17(3)15-7)11(18)13-5-8-14-6(2)16-19-8/h4-5,12H2,1-3H3,(H,13,18). The number of hydrogen-bond donors (Lipinski definition) is 2. The fourth-order valence-corrected chi connectivity index (χ4v) is 1.78. The van der Waals surface area contributed by atoms with Crippen LogP contribution in [0.1, 0.15) is 34.8 Å². The van der Waals surface area contributed by atoms with Crippen LogP contribution in [-0.2, 0) is 20.0 Å². The molecule has 0 aliphatic carbocycles. The van der Waals surface area contributed by atoms with Crippen LogP contribution in [0.4, 0.5) is 5.69 Å². The Hall–Kier alpha value is -2.38. The Bertz CT molecular complexity index is 600. The zero-order chi connectivity index (χ0) is 14.0. The van der Waals surface area contributed by atoms with E-state index < -0.39 is 0 Å². The predicted molar refractivity (Wildman–Crippen MR) is 67.2 cm³/mol. The van der Waals surface area contributed by atoms with Crippen LogP contribution in [0.25, 0.3) is 0 Å². The lowest BCUT2D eigenvalue weighted by Gasteiger charge is -2.03. The van der Waals surface area contributed by atoms with Crippen molar-refractivity contribution in [3.63, 3.8) is 0 Å². The normalized spacial score (nSPS) is 10.7. The Labute approximate surface area is 110 Å². The molecule has 102 valence electrons. The van der Waals surface area contributed by atoms with Crippen LogP contribution < -0.4 is 11.1 Å². The number of anilines is 1. The molecule has 0 bridgehead atoms. The summed E-state index contributed by atoms with van der Waals surface area (Å²) in [5.41, 5.74) is 7.35. The first-order valence-corrected chi connectivity index (χ1v) is 5.91. The summed E-state index contributed by atoms with van der Waals surface area (Å²) in [4.78, 5) is 16.1. The number of nitrogens with two attached hydrogens (primary N) is 1. The maximum absolute atomic E-state index is 12.1. The average Bonchev–Trinajstić information content (AvgIpc) is 2.90. The lowest BCUT2D eigenvalue weighted by molar-refractivity contribution is 0.0938. The second-order valence-corrected chi connectivity index (χ2v) is 4.10. The van der Waals surface area contributed by atoms with E-state index in [4.69, 9.17) is 10.3 Å². The van der Waals surface area contributed by atoms with Crippen molar-refractivity contribution in [2.75, 3.05) is 5.73 Å². The second kappa shape index (κ2) is 5.09. The van der Waals surface area contributed by atoms with E-state index in [1.54, 1.807) is 14.0 Å². The fourth-order valence-electron chi connectivity index (χ4n) is 1.78. The highest BCUT2D eigenvalue weighted by atomic mass is 16.5. The maximum Gasteiger partial charge on any atom is 0.272 e. The number of nitrogens with one attached hydrogen (secondary N) is 1. The van der Waals surface area contributed by atoms with Gasteiger partial charge in [-0.05, 0) is 13.3 Å². The van der Waals surface area contributed by atoms with Crippen LogP contribution in [0.15, 0.2) is 4.52 Å². The third kappa shape index (κ3) is 2.56. The number of aryl methyl sites for hydroxylation is 3. The number of rotatable bonds is 4. The van der Waals surface area contributed by atoms with Crippen molar-refractivity contribution < 1.29 is 9.32 Å². The number of nitrogens with zero attached hydrogens (tertiary/aromatic N) is 4. The third-order valence-corrected chi connectivity index (χ3v) is 2.68. The molecule has 2 heterocycles. The zero-order valence-electron chi connectivity index (χ0n) is 11.1. The van der Waals surface area contributed by atoms with E-state index >= 15 is 0 Å². The van der Waals surface area contributed by atoms with Gasteiger partial charge in [-0.2, -0.15) is 10.1 Å². The molecule has 0 spiro atoms. The van der Waals surface area contributed by atoms with Gasteiger partial charge in [-0.3, -0.25) is 9.48 Å². The van der Waals surface area contributed by atoms with Gasteiger partial charge in [0.25, 0.3) is 5.91 Å². The molecule has 0 unspecified atom stereocenters. The quantitative estimate of drug-likeness (QED) is 0.815. The topological polar surface area (TPSA) is 112 Å². The van der Waals surface area contributed by atoms with Gasteiger partial charge in [0.15, 0.2) is 5.82 Å². The minimum absolute atomic E-state index is 0.158. The van der Waals surface area contributed by atoms with E-state index in [1.165, 1.54) is 4.68 Å². The summed E-state index contributed by atoms with van der Waals surface area (Å²) in [6.07, 6.45) is 0.676. The summed E-state index contributed by atoms with van der Waals surface area (Å²) in [5.74, 6) is 0.558. The van der Waals surface area contributed by atoms with E-state index in [1.807, 2.05) is 6.92 Å². The molecule has 19 heavy (non-hydrogen) atoms.